The third kappa shape index (κ3) is 2.14. The molecule has 0 aliphatic rings. The molecule has 0 aliphatic heterocycles. The smallest absolute Gasteiger partial charge is 0.170 e. The fourth-order valence-electron chi connectivity index (χ4n) is 1.64. The zero-order valence-corrected chi connectivity index (χ0v) is 9.66. The Kier molecular flexibility index (Phi) is 3.37. The largest absolute Gasteiger partial charge is 0.356 e. The van der Waals surface area contributed by atoms with E-state index in [0.29, 0.717) is 0 Å². The van der Waals surface area contributed by atoms with E-state index < -0.39 is 0 Å². The Balaban J connectivity index is 2.27. The van der Waals surface area contributed by atoms with Crippen LogP contribution in [0.2, 0.25) is 0 Å². The summed E-state index contributed by atoms with van der Waals surface area (Å²) in [6, 6.07) is 10.1. The van der Waals surface area contributed by atoms with Gasteiger partial charge in [-0.25, -0.2) is 0 Å². The van der Waals surface area contributed by atoms with E-state index >= 15 is 0 Å². The van der Waals surface area contributed by atoms with E-state index in [1.165, 1.54) is 0 Å². The summed E-state index contributed by atoms with van der Waals surface area (Å²) in [6.45, 7) is 5.82. The molecule has 0 amide bonds. The summed E-state index contributed by atoms with van der Waals surface area (Å²) in [7, 11) is 0. The predicted molar refractivity (Wildman–Crippen MR) is 64.1 cm³/mol. The second-order valence-electron chi connectivity index (χ2n) is 3.73. The summed E-state index contributed by atoms with van der Waals surface area (Å²) < 4.78 is 5.39. The molecule has 84 valence electrons. The fourth-order valence-corrected chi connectivity index (χ4v) is 1.64. The molecule has 0 atom stereocenters. The van der Waals surface area contributed by atoms with Crippen LogP contribution in [0.15, 0.2) is 34.9 Å². The average molecular weight is 216 g/mol. The first kappa shape index (κ1) is 10.9. The van der Waals surface area contributed by atoms with Crippen molar-refractivity contribution in [2.45, 2.75) is 20.4 Å². The van der Waals surface area contributed by atoms with Crippen molar-refractivity contribution < 1.29 is 4.52 Å². The lowest BCUT2D eigenvalue weighted by atomic mass is 10.1. The summed E-state index contributed by atoms with van der Waals surface area (Å²) in [5, 5.41) is 7.34. The Hall–Kier alpha value is -1.61. The molecular weight excluding hydrogens is 200 g/mol. The standard InChI is InChI=1S/C13H16N2O/c1-3-14-9-12-10(2)13(16-15-12)11-7-5-4-6-8-11/h4-8,14H,3,9H2,1-2H3. The normalized spacial score (nSPS) is 10.6. The monoisotopic (exact) mass is 216 g/mol. The van der Waals surface area contributed by atoms with Crippen LogP contribution in [-0.4, -0.2) is 11.7 Å². The second-order valence-corrected chi connectivity index (χ2v) is 3.73. The van der Waals surface area contributed by atoms with E-state index in [1.54, 1.807) is 0 Å². The zero-order valence-electron chi connectivity index (χ0n) is 9.66. The lowest BCUT2D eigenvalue weighted by molar-refractivity contribution is 0.420. The van der Waals surface area contributed by atoms with Gasteiger partial charge in [-0.05, 0) is 13.5 Å². The molecule has 2 rings (SSSR count). The van der Waals surface area contributed by atoms with Crippen LogP contribution in [0.5, 0.6) is 0 Å². The Bertz CT molecular complexity index is 448. The van der Waals surface area contributed by atoms with Crippen LogP contribution in [0.25, 0.3) is 11.3 Å². The van der Waals surface area contributed by atoms with Gasteiger partial charge in [-0.2, -0.15) is 0 Å². The molecule has 0 saturated heterocycles. The summed E-state index contributed by atoms with van der Waals surface area (Å²) in [4.78, 5) is 0. The van der Waals surface area contributed by atoms with Crippen molar-refractivity contribution in [1.29, 1.82) is 0 Å². The first-order chi connectivity index (χ1) is 7.83. The van der Waals surface area contributed by atoms with Crippen molar-refractivity contribution in [3.63, 3.8) is 0 Å². The minimum Gasteiger partial charge on any atom is -0.356 e. The van der Waals surface area contributed by atoms with Crippen LogP contribution in [0.3, 0.4) is 0 Å². The van der Waals surface area contributed by atoms with Crippen LogP contribution in [0.1, 0.15) is 18.2 Å². The minimum atomic E-state index is 0.763. The van der Waals surface area contributed by atoms with Gasteiger partial charge in [0.15, 0.2) is 5.76 Å². The van der Waals surface area contributed by atoms with Crippen molar-refractivity contribution in [2.75, 3.05) is 6.54 Å². The SMILES string of the molecule is CCNCc1noc(-c2ccccc2)c1C. The van der Waals surface area contributed by atoms with Gasteiger partial charge in [-0.3, -0.25) is 0 Å². The van der Waals surface area contributed by atoms with Crippen LogP contribution in [0, 0.1) is 6.92 Å². The summed E-state index contributed by atoms with van der Waals surface area (Å²) in [6.07, 6.45) is 0. The molecule has 0 bridgehead atoms. The van der Waals surface area contributed by atoms with Gasteiger partial charge in [0, 0.05) is 17.7 Å². The topological polar surface area (TPSA) is 38.1 Å². The number of aromatic nitrogens is 1. The van der Waals surface area contributed by atoms with E-state index in [4.69, 9.17) is 4.52 Å². The molecule has 1 aromatic carbocycles. The van der Waals surface area contributed by atoms with Gasteiger partial charge in [-0.15, -0.1) is 0 Å². The summed E-state index contributed by atoms with van der Waals surface area (Å²) in [5.41, 5.74) is 3.18. The molecule has 0 fully saturated rings. The van der Waals surface area contributed by atoms with Crippen LogP contribution in [0.4, 0.5) is 0 Å². The Morgan fingerprint density at radius 2 is 2.00 bits per heavy atom. The van der Waals surface area contributed by atoms with Crippen LogP contribution >= 0.6 is 0 Å². The Labute approximate surface area is 95.5 Å². The Morgan fingerprint density at radius 1 is 1.25 bits per heavy atom. The maximum atomic E-state index is 5.39. The highest BCUT2D eigenvalue weighted by Crippen LogP contribution is 2.25. The highest BCUT2D eigenvalue weighted by molar-refractivity contribution is 5.61. The second kappa shape index (κ2) is 4.94. The molecule has 0 radical (unpaired) electrons. The van der Waals surface area contributed by atoms with Gasteiger partial charge < -0.3 is 9.84 Å². The molecule has 0 saturated carbocycles. The lowest BCUT2D eigenvalue weighted by Crippen LogP contribution is -2.12. The van der Waals surface area contributed by atoms with Crippen molar-refractivity contribution >= 4 is 0 Å². The first-order valence-electron chi connectivity index (χ1n) is 5.54. The first-order valence-corrected chi connectivity index (χ1v) is 5.54. The molecule has 2 aromatic rings. The Morgan fingerprint density at radius 3 is 2.69 bits per heavy atom. The fraction of sp³-hybridized carbons (Fsp3) is 0.308. The number of hydrogen-bond donors (Lipinski definition) is 1. The van der Waals surface area contributed by atoms with Crippen LogP contribution in [-0.2, 0) is 6.54 Å². The maximum Gasteiger partial charge on any atom is 0.170 e. The van der Waals surface area contributed by atoms with E-state index in [0.717, 1.165) is 35.7 Å². The molecule has 0 unspecified atom stereocenters. The third-order valence-corrected chi connectivity index (χ3v) is 2.60. The molecule has 1 N–H and O–H groups in total. The summed E-state index contributed by atoms with van der Waals surface area (Å²) in [5.74, 6) is 0.869. The number of benzene rings is 1. The van der Waals surface area contributed by atoms with E-state index in [2.05, 4.69) is 17.4 Å². The van der Waals surface area contributed by atoms with Gasteiger partial charge in [0.25, 0.3) is 0 Å². The van der Waals surface area contributed by atoms with Crippen LogP contribution < -0.4 is 5.32 Å². The average Bonchev–Trinajstić information content (AvgIpc) is 2.69. The summed E-state index contributed by atoms with van der Waals surface area (Å²) >= 11 is 0. The molecule has 1 aromatic heterocycles. The minimum absolute atomic E-state index is 0.763. The molecule has 3 heteroatoms. The van der Waals surface area contributed by atoms with Gasteiger partial charge in [0.2, 0.25) is 0 Å². The van der Waals surface area contributed by atoms with Crippen molar-refractivity contribution in [1.82, 2.24) is 10.5 Å². The number of rotatable bonds is 4. The van der Waals surface area contributed by atoms with E-state index in [9.17, 15) is 0 Å². The molecular formula is C13H16N2O. The molecule has 1 heterocycles. The van der Waals surface area contributed by atoms with E-state index in [-0.39, 0.29) is 0 Å². The molecule has 3 nitrogen and oxygen atoms in total. The predicted octanol–water partition coefficient (Wildman–Crippen LogP) is 2.76. The molecule has 16 heavy (non-hydrogen) atoms. The zero-order chi connectivity index (χ0) is 11.4. The quantitative estimate of drug-likeness (QED) is 0.854. The van der Waals surface area contributed by atoms with Gasteiger partial charge in [-0.1, -0.05) is 42.4 Å². The number of hydrogen-bond acceptors (Lipinski definition) is 3. The van der Waals surface area contributed by atoms with Gasteiger partial charge in [0.1, 0.15) is 5.69 Å². The van der Waals surface area contributed by atoms with Crippen molar-refractivity contribution in [3.05, 3.63) is 41.6 Å². The van der Waals surface area contributed by atoms with Crippen molar-refractivity contribution in [2.24, 2.45) is 0 Å². The van der Waals surface area contributed by atoms with Gasteiger partial charge >= 0.3 is 0 Å². The third-order valence-electron chi connectivity index (χ3n) is 2.60. The highest BCUT2D eigenvalue weighted by Gasteiger charge is 2.12. The number of nitrogens with zero attached hydrogens (tertiary/aromatic N) is 1. The maximum absolute atomic E-state index is 5.39. The van der Waals surface area contributed by atoms with E-state index in [1.807, 2.05) is 37.3 Å². The highest BCUT2D eigenvalue weighted by atomic mass is 16.5. The number of nitrogens with one attached hydrogen (secondary N) is 1. The van der Waals surface area contributed by atoms with Crippen molar-refractivity contribution in [3.8, 4) is 11.3 Å². The van der Waals surface area contributed by atoms with Gasteiger partial charge in [0.05, 0.1) is 0 Å². The lowest BCUT2D eigenvalue weighted by Gasteiger charge is -1.98. The molecule has 0 spiro atoms. The molecule has 0 aliphatic carbocycles.